The Labute approximate surface area is 192 Å². The molecule has 0 aliphatic carbocycles. The smallest absolute Gasteiger partial charge is 0.253 e. The van der Waals surface area contributed by atoms with Crippen LogP contribution in [0, 0.1) is 0 Å². The first-order valence-corrected chi connectivity index (χ1v) is 10.8. The molecular formula is C26H26N2O5. The predicted molar refractivity (Wildman–Crippen MR) is 125 cm³/mol. The maximum Gasteiger partial charge on any atom is 0.253 e. The molecule has 170 valence electrons. The molecule has 33 heavy (non-hydrogen) atoms. The quantitative estimate of drug-likeness (QED) is 0.520. The second kappa shape index (κ2) is 10.5. The maximum absolute atomic E-state index is 12.7. The zero-order chi connectivity index (χ0) is 23.0. The lowest BCUT2D eigenvalue weighted by atomic mass is 10.1. The second-order valence-corrected chi connectivity index (χ2v) is 7.64. The average Bonchev–Trinajstić information content (AvgIpc) is 3.31. The summed E-state index contributed by atoms with van der Waals surface area (Å²) in [5.41, 5.74) is 3.01. The van der Waals surface area contributed by atoms with Crippen molar-refractivity contribution in [2.24, 2.45) is 0 Å². The van der Waals surface area contributed by atoms with Crippen LogP contribution in [-0.4, -0.2) is 32.3 Å². The number of carbonyl (C=O) groups excluding carboxylic acids is 2. The molecule has 1 heterocycles. The van der Waals surface area contributed by atoms with Gasteiger partial charge < -0.3 is 24.8 Å². The van der Waals surface area contributed by atoms with E-state index in [0.29, 0.717) is 36.4 Å². The van der Waals surface area contributed by atoms with Gasteiger partial charge >= 0.3 is 0 Å². The van der Waals surface area contributed by atoms with Crippen molar-refractivity contribution in [3.63, 3.8) is 0 Å². The summed E-state index contributed by atoms with van der Waals surface area (Å²) in [6, 6.07) is 20.4. The van der Waals surface area contributed by atoms with E-state index < -0.39 is 0 Å². The van der Waals surface area contributed by atoms with E-state index in [1.807, 2.05) is 42.5 Å². The Balaban J connectivity index is 1.29. The van der Waals surface area contributed by atoms with Gasteiger partial charge in [-0.25, -0.2) is 0 Å². The van der Waals surface area contributed by atoms with Crippen LogP contribution in [0.15, 0.2) is 66.7 Å². The van der Waals surface area contributed by atoms with Crippen LogP contribution in [-0.2, 0) is 17.6 Å². The summed E-state index contributed by atoms with van der Waals surface area (Å²) in [6.45, 7) is 0.704. The number of fused-ring (bicyclic) bond motifs is 1. The summed E-state index contributed by atoms with van der Waals surface area (Å²) in [5.74, 6) is 1.83. The normalized spacial score (nSPS) is 11.7. The van der Waals surface area contributed by atoms with E-state index in [4.69, 9.17) is 14.2 Å². The lowest BCUT2D eigenvalue weighted by molar-refractivity contribution is -0.116. The first kappa shape index (κ1) is 22.2. The van der Waals surface area contributed by atoms with E-state index in [1.54, 1.807) is 31.4 Å². The molecule has 7 heteroatoms. The van der Waals surface area contributed by atoms with Crippen molar-refractivity contribution in [3.05, 3.63) is 83.4 Å². The molecule has 4 rings (SSSR count). The molecule has 0 spiro atoms. The first-order chi connectivity index (χ1) is 16.1. The average molecular weight is 447 g/mol. The van der Waals surface area contributed by atoms with Gasteiger partial charge in [0, 0.05) is 13.0 Å². The highest BCUT2D eigenvalue weighted by atomic mass is 16.7. The lowest BCUT2D eigenvalue weighted by Gasteiger charge is -2.12. The molecule has 0 fully saturated rings. The molecule has 3 aromatic carbocycles. The summed E-state index contributed by atoms with van der Waals surface area (Å²) in [5, 5.41) is 5.79. The third-order valence-corrected chi connectivity index (χ3v) is 5.38. The Morgan fingerprint density at radius 3 is 2.48 bits per heavy atom. The van der Waals surface area contributed by atoms with Crippen molar-refractivity contribution in [2.75, 3.05) is 25.8 Å². The topological polar surface area (TPSA) is 85.9 Å². The van der Waals surface area contributed by atoms with Crippen molar-refractivity contribution in [1.82, 2.24) is 5.32 Å². The molecule has 0 aromatic heterocycles. The molecule has 1 aliphatic rings. The van der Waals surface area contributed by atoms with Gasteiger partial charge in [-0.3, -0.25) is 9.59 Å². The highest BCUT2D eigenvalue weighted by Gasteiger charge is 2.15. The highest BCUT2D eigenvalue weighted by molar-refractivity contribution is 6.03. The van der Waals surface area contributed by atoms with Crippen LogP contribution in [0.2, 0.25) is 0 Å². The van der Waals surface area contributed by atoms with Gasteiger partial charge in [0.05, 0.1) is 18.4 Å². The number of para-hydroxylation sites is 1. The molecule has 2 amide bonds. The molecule has 0 radical (unpaired) electrons. The van der Waals surface area contributed by atoms with E-state index in [0.717, 1.165) is 22.6 Å². The van der Waals surface area contributed by atoms with Gasteiger partial charge in [-0.1, -0.05) is 30.3 Å². The van der Waals surface area contributed by atoms with Crippen molar-refractivity contribution in [1.29, 1.82) is 0 Å². The Bertz CT molecular complexity index is 1130. The van der Waals surface area contributed by atoms with Gasteiger partial charge in [0.2, 0.25) is 12.7 Å². The van der Waals surface area contributed by atoms with E-state index in [1.165, 1.54) is 0 Å². The molecule has 0 atom stereocenters. The third-order valence-electron chi connectivity index (χ3n) is 5.38. The number of anilines is 1. The largest absolute Gasteiger partial charge is 0.497 e. The zero-order valence-electron chi connectivity index (χ0n) is 18.4. The van der Waals surface area contributed by atoms with Gasteiger partial charge in [0.25, 0.3) is 5.91 Å². The Morgan fingerprint density at radius 2 is 1.67 bits per heavy atom. The number of ether oxygens (including phenoxy) is 3. The molecule has 2 N–H and O–H groups in total. The van der Waals surface area contributed by atoms with Crippen LogP contribution in [0.25, 0.3) is 0 Å². The second-order valence-electron chi connectivity index (χ2n) is 7.64. The summed E-state index contributed by atoms with van der Waals surface area (Å²) < 4.78 is 15.9. The monoisotopic (exact) mass is 446 g/mol. The fourth-order valence-electron chi connectivity index (χ4n) is 3.56. The summed E-state index contributed by atoms with van der Waals surface area (Å²) in [7, 11) is 1.63. The third kappa shape index (κ3) is 5.83. The number of hydrogen-bond acceptors (Lipinski definition) is 5. The Kier molecular flexibility index (Phi) is 7.09. The SMILES string of the molecule is COc1ccc(CCNC(=O)c2ccccc2NC(=O)CCc2ccc3c(c2)OCO3)cc1. The van der Waals surface area contributed by atoms with Gasteiger partial charge in [0.15, 0.2) is 11.5 Å². The minimum Gasteiger partial charge on any atom is -0.497 e. The van der Waals surface area contributed by atoms with Crippen molar-refractivity contribution < 1.29 is 23.8 Å². The van der Waals surface area contributed by atoms with Crippen LogP contribution in [0.5, 0.6) is 17.2 Å². The molecule has 1 aliphatic heterocycles. The number of carbonyl (C=O) groups is 2. The number of amides is 2. The Hall–Kier alpha value is -4.00. The minimum atomic E-state index is -0.227. The highest BCUT2D eigenvalue weighted by Crippen LogP contribution is 2.32. The number of benzene rings is 3. The summed E-state index contributed by atoms with van der Waals surface area (Å²) in [6.07, 6.45) is 1.53. The number of methoxy groups -OCH3 is 1. The fraction of sp³-hybridized carbons (Fsp3) is 0.231. The van der Waals surface area contributed by atoms with Crippen molar-refractivity contribution in [3.8, 4) is 17.2 Å². The number of rotatable bonds is 9. The van der Waals surface area contributed by atoms with Crippen molar-refractivity contribution in [2.45, 2.75) is 19.3 Å². The zero-order valence-corrected chi connectivity index (χ0v) is 18.4. The Morgan fingerprint density at radius 1 is 0.909 bits per heavy atom. The van der Waals surface area contributed by atoms with E-state index in [9.17, 15) is 9.59 Å². The molecule has 0 bridgehead atoms. The minimum absolute atomic E-state index is 0.161. The number of aryl methyl sites for hydroxylation is 1. The van der Waals surface area contributed by atoms with E-state index in [-0.39, 0.29) is 25.0 Å². The van der Waals surface area contributed by atoms with Gasteiger partial charge in [-0.2, -0.15) is 0 Å². The number of hydrogen-bond donors (Lipinski definition) is 2. The standard InChI is InChI=1S/C26H26N2O5/c1-31-20-10-6-18(7-11-20)14-15-27-26(30)21-4-2-3-5-22(21)28-25(29)13-9-19-8-12-23-24(16-19)33-17-32-23/h2-8,10-12,16H,9,13-15,17H2,1H3,(H,27,30)(H,28,29). The summed E-state index contributed by atoms with van der Waals surface area (Å²) >= 11 is 0. The fourth-order valence-corrected chi connectivity index (χ4v) is 3.56. The van der Waals surface area contributed by atoms with Crippen molar-refractivity contribution >= 4 is 17.5 Å². The molecule has 0 unspecified atom stereocenters. The maximum atomic E-state index is 12.7. The molecule has 0 saturated heterocycles. The van der Waals surface area contributed by atoms with E-state index >= 15 is 0 Å². The van der Waals surface area contributed by atoms with Gasteiger partial charge in [-0.15, -0.1) is 0 Å². The van der Waals surface area contributed by atoms with Gasteiger partial charge in [0.1, 0.15) is 5.75 Å². The van der Waals surface area contributed by atoms with Gasteiger partial charge in [-0.05, 0) is 60.4 Å². The summed E-state index contributed by atoms with van der Waals surface area (Å²) in [4.78, 5) is 25.3. The van der Waals surface area contributed by atoms with Crippen LogP contribution >= 0.6 is 0 Å². The van der Waals surface area contributed by atoms with E-state index in [2.05, 4.69) is 10.6 Å². The molecule has 0 saturated carbocycles. The predicted octanol–water partition coefficient (Wildman–Crippen LogP) is 3.97. The molecular weight excluding hydrogens is 420 g/mol. The van der Waals surface area contributed by atoms with Crippen LogP contribution in [0.1, 0.15) is 27.9 Å². The first-order valence-electron chi connectivity index (χ1n) is 10.8. The van der Waals surface area contributed by atoms with Crippen LogP contribution in [0.4, 0.5) is 5.69 Å². The van der Waals surface area contributed by atoms with Crippen LogP contribution < -0.4 is 24.8 Å². The number of nitrogens with one attached hydrogen (secondary N) is 2. The molecule has 3 aromatic rings. The van der Waals surface area contributed by atoms with Crippen LogP contribution in [0.3, 0.4) is 0 Å². The molecule has 7 nitrogen and oxygen atoms in total. The lowest BCUT2D eigenvalue weighted by Crippen LogP contribution is -2.27.